The third-order valence-corrected chi connectivity index (χ3v) is 4.85. The van der Waals surface area contributed by atoms with Crippen molar-refractivity contribution in [2.24, 2.45) is 0 Å². The summed E-state index contributed by atoms with van der Waals surface area (Å²) in [5.41, 5.74) is 4.70. The zero-order valence-electron chi connectivity index (χ0n) is 15.1. The molecule has 2 aromatic rings. The molecule has 1 fully saturated rings. The number of hydrogen-bond donors (Lipinski definition) is 1. The maximum absolute atomic E-state index is 12.6. The van der Waals surface area contributed by atoms with Gasteiger partial charge in [0.15, 0.2) is 0 Å². The molecule has 1 N–H and O–H groups in total. The van der Waals surface area contributed by atoms with Crippen molar-refractivity contribution in [3.8, 4) is 0 Å². The molecule has 0 saturated carbocycles. The van der Waals surface area contributed by atoms with Crippen LogP contribution in [0.25, 0.3) is 0 Å². The van der Waals surface area contributed by atoms with Crippen LogP contribution in [0.3, 0.4) is 0 Å². The quantitative estimate of drug-likeness (QED) is 0.873. The van der Waals surface area contributed by atoms with Crippen molar-refractivity contribution in [2.75, 3.05) is 42.5 Å². The summed E-state index contributed by atoms with van der Waals surface area (Å²) in [5, 5.41) is 3.45. The standard InChI is InChI=1S/C20H27FN4/c1-3-22-15-18-16(2)5-4-6-19(18)24-9-11-25(12-10-24)20-8-7-17(13-21)14-23-20/h4-8,14,22H,3,9-13,15H2,1-2H3. The van der Waals surface area contributed by atoms with Crippen molar-refractivity contribution >= 4 is 11.5 Å². The second-order valence-corrected chi connectivity index (χ2v) is 6.49. The van der Waals surface area contributed by atoms with Crippen LogP contribution in [0.15, 0.2) is 36.5 Å². The number of halogens is 1. The van der Waals surface area contributed by atoms with E-state index in [-0.39, 0.29) is 0 Å². The Bertz CT molecular complexity index is 679. The molecule has 0 amide bonds. The third kappa shape index (κ3) is 4.10. The molecule has 1 aromatic heterocycles. The van der Waals surface area contributed by atoms with Gasteiger partial charge in [-0.3, -0.25) is 0 Å². The highest BCUT2D eigenvalue weighted by Gasteiger charge is 2.20. The van der Waals surface area contributed by atoms with Crippen LogP contribution in [-0.2, 0) is 13.2 Å². The van der Waals surface area contributed by atoms with Crippen LogP contribution < -0.4 is 15.1 Å². The predicted octanol–water partition coefficient (Wildman–Crippen LogP) is 3.30. The molecule has 0 atom stereocenters. The van der Waals surface area contributed by atoms with E-state index in [9.17, 15) is 4.39 Å². The lowest BCUT2D eigenvalue weighted by molar-refractivity contribution is 0.484. The van der Waals surface area contributed by atoms with Crippen molar-refractivity contribution < 1.29 is 4.39 Å². The Labute approximate surface area is 149 Å². The van der Waals surface area contributed by atoms with Crippen LogP contribution >= 0.6 is 0 Å². The second-order valence-electron chi connectivity index (χ2n) is 6.49. The monoisotopic (exact) mass is 342 g/mol. The van der Waals surface area contributed by atoms with Gasteiger partial charge in [0, 0.05) is 50.2 Å². The lowest BCUT2D eigenvalue weighted by Crippen LogP contribution is -2.47. The molecule has 0 aliphatic carbocycles. The van der Waals surface area contributed by atoms with Crippen molar-refractivity contribution in [2.45, 2.75) is 27.1 Å². The van der Waals surface area contributed by atoms with E-state index < -0.39 is 6.67 Å². The Kier molecular flexibility index (Phi) is 5.87. The first kappa shape index (κ1) is 17.7. The molecule has 0 spiro atoms. The molecule has 0 unspecified atom stereocenters. The first-order chi connectivity index (χ1) is 12.2. The first-order valence-corrected chi connectivity index (χ1v) is 9.03. The maximum Gasteiger partial charge on any atom is 0.128 e. The van der Waals surface area contributed by atoms with E-state index in [1.54, 1.807) is 6.20 Å². The third-order valence-electron chi connectivity index (χ3n) is 4.85. The molecule has 1 saturated heterocycles. The molecule has 25 heavy (non-hydrogen) atoms. The minimum Gasteiger partial charge on any atom is -0.368 e. The predicted molar refractivity (Wildman–Crippen MR) is 102 cm³/mol. The highest BCUT2D eigenvalue weighted by atomic mass is 19.1. The summed E-state index contributed by atoms with van der Waals surface area (Å²) in [5.74, 6) is 0.939. The highest BCUT2D eigenvalue weighted by Crippen LogP contribution is 2.26. The molecular formula is C20H27FN4. The minimum atomic E-state index is -0.455. The zero-order chi connectivity index (χ0) is 17.6. The number of benzene rings is 1. The van der Waals surface area contributed by atoms with Gasteiger partial charge in [0.1, 0.15) is 12.5 Å². The summed E-state index contributed by atoms with van der Waals surface area (Å²) in [6.07, 6.45) is 1.64. The van der Waals surface area contributed by atoms with E-state index in [4.69, 9.17) is 0 Å². The molecule has 1 aliphatic rings. The molecule has 2 heterocycles. The number of nitrogens with zero attached hydrogens (tertiary/aromatic N) is 3. The molecule has 0 bridgehead atoms. The van der Waals surface area contributed by atoms with Gasteiger partial charge in [-0.25, -0.2) is 9.37 Å². The van der Waals surface area contributed by atoms with E-state index in [1.165, 1.54) is 16.8 Å². The smallest absolute Gasteiger partial charge is 0.128 e. The number of aromatic nitrogens is 1. The average Bonchev–Trinajstić information content (AvgIpc) is 2.67. The molecule has 4 nitrogen and oxygen atoms in total. The van der Waals surface area contributed by atoms with Gasteiger partial charge < -0.3 is 15.1 Å². The zero-order valence-corrected chi connectivity index (χ0v) is 15.1. The normalized spacial score (nSPS) is 14.8. The van der Waals surface area contributed by atoms with E-state index in [0.29, 0.717) is 5.56 Å². The Morgan fingerprint density at radius 3 is 2.48 bits per heavy atom. The fraction of sp³-hybridized carbons (Fsp3) is 0.450. The van der Waals surface area contributed by atoms with Crippen molar-refractivity contribution in [1.29, 1.82) is 0 Å². The molecular weight excluding hydrogens is 315 g/mol. The summed E-state index contributed by atoms with van der Waals surface area (Å²) in [4.78, 5) is 9.14. The largest absolute Gasteiger partial charge is 0.368 e. The lowest BCUT2D eigenvalue weighted by Gasteiger charge is -2.38. The molecule has 1 aliphatic heterocycles. The summed E-state index contributed by atoms with van der Waals surface area (Å²) in [7, 11) is 0. The van der Waals surface area contributed by atoms with Gasteiger partial charge in [0.05, 0.1) is 0 Å². The van der Waals surface area contributed by atoms with Crippen LogP contribution in [0.5, 0.6) is 0 Å². The van der Waals surface area contributed by atoms with Crippen LogP contribution in [0.2, 0.25) is 0 Å². The van der Waals surface area contributed by atoms with E-state index in [2.05, 4.69) is 52.1 Å². The van der Waals surface area contributed by atoms with Gasteiger partial charge in [0.2, 0.25) is 0 Å². The Morgan fingerprint density at radius 2 is 1.84 bits per heavy atom. The fourth-order valence-corrected chi connectivity index (χ4v) is 3.32. The fourth-order valence-electron chi connectivity index (χ4n) is 3.32. The highest BCUT2D eigenvalue weighted by molar-refractivity contribution is 5.58. The SMILES string of the molecule is CCNCc1c(C)cccc1N1CCN(c2ccc(CF)cn2)CC1. The van der Waals surface area contributed by atoms with E-state index in [1.807, 2.05) is 12.1 Å². The number of piperazine rings is 1. The number of rotatable bonds is 6. The Morgan fingerprint density at radius 1 is 1.08 bits per heavy atom. The summed E-state index contributed by atoms with van der Waals surface area (Å²) in [6, 6.07) is 10.3. The van der Waals surface area contributed by atoms with Gasteiger partial charge in [-0.15, -0.1) is 0 Å². The van der Waals surface area contributed by atoms with Crippen LogP contribution in [0.4, 0.5) is 15.9 Å². The van der Waals surface area contributed by atoms with E-state index >= 15 is 0 Å². The topological polar surface area (TPSA) is 31.4 Å². The van der Waals surface area contributed by atoms with Gasteiger partial charge >= 0.3 is 0 Å². The number of aryl methyl sites for hydroxylation is 1. The molecule has 134 valence electrons. The van der Waals surface area contributed by atoms with Gasteiger partial charge in [-0.05, 0) is 36.7 Å². The average molecular weight is 342 g/mol. The second kappa shape index (κ2) is 8.30. The number of anilines is 2. The number of alkyl halides is 1. The molecule has 0 radical (unpaired) electrons. The summed E-state index contributed by atoms with van der Waals surface area (Å²) >= 11 is 0. The van der Waals surface area contributed by atoms with Crippen molar-refractivity contribution in [1.82, 2.24) is 10.3 Å². The van der Waals surface area contributed by atoms with E-state index in [0.717, 1.165) is 45.1 Å². The summed E-state index contributed by atoms with van der Waals surface area (Å²) < 4.78 is 12.6. The summed E-state index contributed by atoms with van der Waals surface area (Å²) in [6.45, 7) is 9.54. The minimum absolute atomic E-state index is 0.455. The van der Waals surface area contributed by atoms with Gasteiger partial charge in [-0.1, -0.05) is 25.1 Å². The van der Waals surface area contributed by atoms with Crippen LogP contribution in [0, 0.1) is 6.92 Å². The number of nitrogens with one attached hydrogen (secondary N) is 1. The van der Waals surface area contributed by atoms with Gasteiger partial charge in [0.25, 0.3) is 0 Å². The number of pyridine rings is 1. The first-order valence-electron chi connectivity index (χ1n) is 9.03. The van der Waals surface area contributed by atoms with Crippen LogP contribution in [-0.4, -0.2) is 37.7 Å². The maximum atomic E-state index is 12.6. The van der Waals surface area contributed by atoms with Crippen molar-refractivity contribution in [3.05, 3.63) is 53.2 Å². The van der Waals surface area contributed by atoms with Crippen LogP contribution in [0.1, 0.15) is 23.6 Å². The molecule has 1 aromatic carbocycles. The van der Waals surface area contributed by atoms with Crippen molar-refractivity contribution in [3.63, 3.8) is 0 Å². The molecule has 3 rings (SSSR count). The Hall–Kier alpha value is -2.14. The number of hydrogen-bond acceptors (Lipinski definition) is 4. The lowest BCUT2D eigenvalue weighted by atomic mass is 10.0. The Balaban J connectivity index is 1.68. The molecule has 5 heteroatoms. The van der Waals surface area contributed by atoms with Gasteiger partial charge in [-0.2, -0.15) is 0 Å².